The van der Waals surface area contributed by atoms with Gasteiger partial charge in [-0.2, -0.15) is 0 Å². The molecule has 0 spiro atoms. The molecule has 104 valence electrons. The number of carboxylic acid groups (broad SMARTS) is 1. The van der Waals surface area contributed by atoms with E-state index in [1.165, 1.54) is 11.3 Å². The smallest absolute Gasteiger partial charge is 0.307 e. The second kappa shape index (κ2) is 6.00. The highest BCUT2D eigenvalue weighted by molar-refractivity contribution is 9.11. The Morgan fingerprint density at radius 1 is 1.53 bits per heavy atom. The highest BCUT2D eigenvalue weighted by Crippen LogP contribution is 2.39. The fraction of sp³-hybridized carbons (Fsp3) is 0.583. The zero-order valence-corrected chi connectivity index (χ0v) is 12.8. The fourth-order valence-electron chi connectivity index (χ4n) is 2.55. The number of anilines is 1. The second-order valence-electron chi connectivity index (χ2n) is 4.76. The molecule has 0 radical (unpaired) electrons. The maximum absolute atomic E-state index is 12.2. The Balaban J connectivity index is 2.06. The van der Waals surface area contributed by atoms with Crippen LogP contribution in [0, 0.1) is 17.8 Å². The first-order valence-corrected chi connectivity index (χ1v) is 7.77. The van der Waals surface area contributed by atoms with Gasteiger partial charge in [-0.15, -0.1) is 0 Å². The van der Waals surface area contributed by atoms with Gasteiger partial charge in [0.1, 0.15) is 0 Å². The van der Waals surface area contributed by atoms with Gasteiger partial charge in [0.25, 0.3) is 0 Å². The van der Waals surface area contributed by atoms with Gasteiger partial charge in [0.05, 0.1) is 21.8 Å². The van der Waals surface area contributed by atoms with Gasteiger partial charge in [-0.3, -0.25) is 9.59 Å². The monoisotopic (exact) mass is 346 g/mol. The van der Waals surface area contributed by atoms with Crippen molar-refractivity contribution in [2.24, 2.45) is 17.8 Å². The molecular weight excluding hydrogens is 332 g/mol. The number of carbonyl (C=O) groups excluding carboxylic acids is 1. The topological polar surface area (TPSA) is 79.3 Å². The van der Waals surface area contributed by atoms with E-state index in [4.69, 9.17) is 0 Å². The summed E-state index contributed by atoms with van der Waals surface area (Å²) in [6.07, 6.45) is 3.76. The summed E-state index contributed by atoms with van der Waals surface area (Å²) in [6, 6.07) is 0. The molecule has 0 saturated heterocycles. The third-order valence-electron chi connectivity index (χ3n) is 3.60. The van der Waals surface area contributed by atoms with Crippen LogP contribution in [0.1, 0.15) is 26.2 Å². The van der Waals surface area contributed by atoms with Gasteiger partial charge >= 0.3 is 5.97 Å². The minimum atomic E-state index is -0.878. The first kappa shape index (κ1) is 14.5. The van der Waals surface area contributed by atoms with Crippen LogP contribution in [0.2, 0.25) is 0 Å². The second-order valence-corrected chi connectivity index (χ2v) is 7.17. The lowest BCUT2D eigenvalue weighted by Gasteiger charge is -2.14. The molecule has 0 aromatic carbocycles. The van der Waals surface area contributed by atoms with Crippen LogP contribution in [0.25, 0.3) is 0 Å². The summed E-state index contributed by atoms with van der Waals surface area (Å²) < 4.78 is 0.829. The lowest BCUT2D eigenvalue weighted by Crippen LogP contribution is -2.29. The summed E-state index contributed by atoms with van der Waals surface area (Å²) in [5.74, 6) is -1.82. The number of carboxylic acids is 1. The molecule has 1 amide bonds. The van der Waals surface area contributed by atoms with Crippen LogP contribution >= 0.6 is 27.3 Å². The molecule has 1 saturated carbocycles. The van der Waals surface area contributed by atoms with E-state index in [1.54, 1.807) is 6.20 Å². The maximum Gasteiger partial charge on any atom is 0.307 e. The van der Waals surface area contributed by atoms with Crippen LogP contribution < -0.4 is 5.32 Å². The lowest BCUT2D eigenvalue weighted by atomic mass is 9.95. The number of aliphatic carboxylic acids is 1. The zero-order chi connectivity index (χ0) is 14.0. The minimum Gasteiger partial charge on any atom is -0.481 e. The van der Waals surface area contributed by atoms with Crippen molar-refractivity contribution in [1.29, 1.82) is 0 Å². The number of nitrogens with one attached hydrogen (secondary N) is 1. The molecule has 1 aliphatic carbocycles. The number of rotatable bonds is 4. The molecule has 0 bridgehead atoms. The Hall–Kier alpha value is -0.950. The molecule has 1 heterocycles. The molecule has 2 N–H and O–H groups in total. The Labute approximate surface area is 123 Å². The van der Waals surface area contributed by atoms with E-state index in [9.17, 15) is 14.7 Å². The van der Waals surface area contributed by atoms with Gasteiger partial charge in [0.2, 0.25) is 5.91 Å². The van der Waals surface area contributed by atoms with Crippen molar-refractivity contribution in [3.63, 3.8) is 0 Å². The van der Waals surface area contributed by atoms with Crippen molar-refractivity contribution < 1.29 is 14.7 Å². The maximum atomic E-state index is 12.2. The number of thiazole rings is 1. The van der Waals surface area contributed by atoms with Gasteiger partial charge in [-0.25, -0.2) is 4.98 Å². The Kier molecular flexibility index (Phi) is 4.57. The standard InChI is InChI=1S/C12H15BrN2O3S/c1-2-6-3-7(8(4-6)11(17)18)10(16)15-12-14-5-9(13)19-12/h5-8H,2-4H2,1H3,(H,17,18)(H,14,15,16). The summed E-state index contributed by atoms with van der Waals surface area (Å²) in [4.78, 5) is 27.4. The Bertz CT molecular complexity index is 491. The number of aromatic nitrogens is 1. The molecular formula is C12H15BrN2O3S. The molecule has 1 aliphatic rings. The summed E-state index contributed by atoms with van der Waals surface area (Å²) >= 11 is 4.59. The first-order chi connectivity index (χ1) is 9.01. The van der Waals surface area contributed by atoms with Crippen molar-refractivity contribution in [2.45, 2.75) is 26.2 Å². The number of hydrogen-bond donors (Lipinski definition) is 2. The van der Waals surface area contributed by atoms with E-state index in [1.807, 2.05) is 6.92 Å². The van der Waals surface area contributed by atoms with Crippen molar-refractivity contribution in [3.05, 3.63) is 9.98 Å². The molecule has 1 fully saturated rings. The third kappa shape index (κ3) is 3.33. The van der Waals surface area contributed by atoms with Gasteiger partial charge in [0.15, 0.2) is 5.13 Å². The van der Waals surface area contributed by atoms with Crippen molar-refractivity contribution >= 4 is 44.3 Å². The molecule has 3 atom stereocenters. The summed E-state index contributed by atoms with van der Waals surface area (Å²) in [5, 5.41) is 12.4. The number of nitrogens with zero attached hydrogens (tertiary/aromatic N) is 1. The molecule has 0 aliphatic heterocycles. The van der Waals surface area contributed by atoms with E-state index in [-0.39, 0.29) is 5.91 Å². The SMILES string of the molecule is CCC1CC(C(=O)O)C(C(=O)Nc2ncc(Br)s2)C1. The third-order valence-corrected chi connectivity index (χ3v) is 4.99. The van der Waals surface area contributed by atoms with Crippen molar-refractivity contribution in [2.75, 3.05) is 5.32 Å². The predicted octanol–water partition coefficient (Wildman–Crippen LogP) is 2.98. The van der Waals surface area contributed by atoms with E-state index in [0.29, 0.717) is 23.9 Å². The van der Waals surface area contributed by atoms with Gasteiger partial charge in [-0.1, -0.05) is 24.7 Å². The predicted molar refractivity (Wildman–Crippen MR) is 76.1 cm³/mol. The zero-order valence-electron chi connectivity index (χ0n) is 10.4. The lowest BCUT2D eigenvalue weighted by molar-refractivity contribution is -0.145. The molecule has 3 unspecified atom stereocenters. The molecule has 7 heteroatoms. The number of hydrogen-bond acceptors (Lipinski definition) is 4. The average molecular weight is 347 g/mol. The highest BCUT2D eigenvalue weighted by atomic mass is 79.9. The molecule has 2 rings (SSSR count). The van der Waals surface area contributed by atoms with Crippen LogP contribution in [-0.2, 0) is 9.59 Å². The van der Waals surface area contributed by atoms with Gasteiger partial charge in [0, 0.05) is 0 Å². The molecule has 1 aromatic heterocycles. The molecule has 5 nitrogen and oxygen atoms in total. The quantitative estimate of drug-likeness (QED) is 0.878. The van der Waals surface area contributed by atoms with Crippen LogP contribution in [-0.4, -0.2) is 22.0 Å². The Morgan fingerprint density at radius 2 is 2.21 bits per heavy atom. The van der Waals surface area contributed by atoms with Gasteiger partial charge in [-0.05, 0) is 34.7 Å². The van der Waals surface area contributed by atoms with Crippen LogP contribution in [0.3, 0.4) is 0 Å². The highest BCUT2D eigenvalue weighted by Gasteiger charge is 2.42. The summed E-state index contributed by atoms with van der Waals surface area (Å²) in [5.41, 5.74) is 0. The van der Waals surface area contributed by atoms with E-state index in [0.717, 1.165) is 10.2 Å². The van der Waals surface area contributed by atoms with Crippen molar-refractivity contribution in [1.82, 2.24) is 4.98 Å². The normalized spacial score (nSPS) is 26.3. The van der Waals surface area contributed by atoms with Gasteiger partial charge < -0.3 is 10.4 Å². The molecule has 1 aromatic rings. The van der Waals surface area contributed by atoms with E-state index < -0.39 is 17.8 Å². The number of carbonyl (C=O) groups is 2. The van der Waals surface area contributed by atoms with Crippen molar-refractivity contribution in [3.8, 4) is 0 Å². The van der Waals surface area contributed by atoms with Crippen LogP contribution in [0.5, 0.6) is 0 Å². The van der Waals surface area contributed by atoms with E-state index >= 15 is 0 Å². The summed E-state index contributed by atoms with van der Waals surface area (Å²) in [7, 11) is 0. The van der Waals surface area contributed by atoms with Crippen LogP contribution in [0.4, 0.5) is 5.13 Å². The largest absolute Gasteiger partial charge is 0.481 e. The average Bonchev–Trinajstić information content (AvgIpc) is 2.95. The van der Waals surface area contributed by atoms with Crippen LogP contribution in [0.15, 0.2) is 9.98 Å². The fourth-order valence-corrected chi connectivity index (χ4v) is 3.66. The Morgan fingerprint density at radius 3 is 2.74 bits per heavy atom. The number of halogens is 1. The first-order valence-electron chi connectivity index (χ1n) is 6.16. The number of amides is 1. The summed E-state index contributed by atoms with van der Waals surface area (Å²) in [6.45, 7) is 2.03. The van der Waals surface area contributed by atoms with E-state index in [2.05, 4.69) is 26.2 Å². The minimum absolute atomic E-state index is 0.231. The molecule has 19 heavy (non-hydrogen) atoms.